The summed E-state index contributed by atoms with van der Waals surface area (Å²) >= 11 is 6.21. The van der Waals surface area contributed by atoms with Gasteiger partial charge in [0.05, 0.1) is 22.8 Å². The summed E-state index contributed by atoms with van der Waals surface area (Å²) in [5, 5.41) is 7.67. The number of methoxy groups -OCH3 is 1. The minimum atomic E-state index is -4.68. The lowest BCUT2D eigenvalue weighted by Crippen LogP contribution is -2.37. The van der Waals surface area contributed by atoms with Crippen LogP contribution in [0, 0.1) is 5.92 Å². The number of benzene rings is 3. The first-order valence-electron chi connectivity index (χ1n) is 12.3. The Labute approximate surface area is 241 Å². The monoisotopic (exact) mass is 587 g/mol. The van der Waals surface area contributed by atoms with E-state index in [9.17, 15) is 27.6 Å². The third-order valence-corrected chi connectivity index (χ3v) is 6.15. The summed E-state index contributed by atoms with van der Waals surface area (Å²) in [5.74, 6) is -4.30. The summed E-state index contributed by atoms with van der Waals surface area (Å²) in [6.45, 7) is 0.959. The van der Waals surface area contributed by atoms with Crippen LogP contribution in [-0.2, 0) is 16.1 Å². The predicted octanol–water partition coefficient (Wildman–Crippen LogP) is 4.48. The highest BCUT2D eigenvalue weighted by atomic mass is 35.5. The van der Waals surface area contributed by atoms with Crippen molar-refractivity contribution in [2.75, 3.05) is 31.0 Å². The molecule has 3 rings (SSSR count). The highest BCUT2D eigenvalue weighted by molar-refractivity contribution is 6.34. The average molecular weight is 588 g/mol. The molecule has 41 heavy (non-hydrogen) atoms. The molecule has 0 spiro atoms. The minimum Gasteiger partial charge on any atom is -0.490 e. The normalized spacial score (nSPS) is 11.9. The molecule has 1 unspecified atom stereocenters. The van der Waals surface area contributed by atoms with E-state index >= 15 is 0 Å². The van der Waals surface area contributed by atoms with Crippen molar-refractivity contribution in [1.82, 2.24) is 5.32 Å². The maximum Gasteiger partial charge on any atom is 0.400 e. The van der Waals surface area contributed by atoms with Crippen LogP contribution in [0.4, 0.5) is 24.5 Å². The van der Waals surface area contributed by atoms with E-state index in [2.05, 4.69) is 16.0 Å². The average Bonchev–Trinajstić information content (AvgIpc) is 2.93. The molecular formula is C28H26BClF3N3O5. The number of ether oxygens (including phenoxy) is 2. The van der Waals surface area contributed by atoms with Gasteiger partial charge in [0.25, 0.3) is 11.8 Å². The maximum absolute atomic E-state index is 13.1. The van der Waals surface area contributed by atoms with E-state index in [1.54, 1.807) is 24.3 Å². The Bertz CT molecular complexity index is 1400. The van der Waals surface area contributed by atoms with E-state index in [1.807, 2.05) is 0 Å². The van der Waals surface area contributed by atoms with Crippen molar-refractivity contribution in [2.45, 2.75) is 19.6 Å². The molecule has 0 saturated heterocycles. The number of rotatable bonds is 11. The van der Waals surface area contributed by atoms with E-state index < -0.39 is 29.8 Å². The van der Waals surface area contributed by atoms with Gasteiger partial charge in [0, 0.05) is 25.0 Å². The van der Waals surface area contributed by atoms with Gasteiger partial charge in [-0.25, -0.2) is 0 Å². The fourth-order valence-corrected chi connectivity index (χ4v) is 3.66. The molecule has 3 amide bonds. The minimum absolute atomic E-state index is 0.00980. The second-order valence-electron chi connectivity index (χ2n) is 8.88. The number of nitrogens with one attached hydrogen (secondary N) is 3. The second kappa shape index (κ2) is 14.0. The van der Waals surface area contributed by atoms with Gasteiger partial charge >= 0.3 is 6.18 Å². The SMILES string of the molecule is [B]c1ccc(NC(=O)c2cc(NC(=O)c3cc(CNC(=O)C(C)C(F)(F)F)ccc3Cl)ccc2OCCOC)cc1. The molecule has 0 aromatic heterocycles. The molecular weight excluding hydrogens is 562 g/mol. The zero-order valence-corrected chi connectivity index (χ0v) is 22.9. The van der Waals surface area contributed by atoms with Crippen molar-refractivity contribution < 1.29 is 37.0 Å². The van der Waals surface area contributed by atoms with E-state index in [4.69, 9.17) is 28.9 Å². The number of alkyl halides is 3. The van der Waals surface area contributed by atoms with Crippen molar-refractivity contribution in [3.8, 4) is 5.75 Å². The van der Waals surface area contributed by atoms with Gasteiger partial charge < -0.3 is 25.4 Å². The van der Waals surface area contributed by atoms with Gasteiger partial charge in [-0.05, 0) is 55.0 Å². The summed E-state index contributed by atoms with van der Waals surface area (Å²) in [7, 11) is 7.21. The molecule has 1 atom stereocenters. The second-order valence-corrected chi connectivity index (χ2v) is 9.28. The predicted molar refractivity (Wildman–Crippen MR) is 150 cm³/mol. The van der Waals surface area contributed by atoms with Gasteiger partial charge in [0.15, 0.2) is 0 Å². The molecule has 0 aliphatic heterocycles. The van der Waals surface area contributed by atoms with Gasteiger partial charge in [0.2, 0.25) is 5.91 Å². The van der Waals surface area contributed by atoms with E-state index in [0.29, 0.717) is 16.7 Å². The topological polar surface area (TPSA) is 106 Å². The summed E-state index contributed by atoms with van der Waals surface area (Å²) < 4.78 is 49.0. The standard InChI is InChI=1S/C28H26BClF3N3O5/c1-16(28(31,32)33)25(37)34-15-17-3-9-23(30)21(13-17)26(38)36-20-8-10-24(41-12-11-40-2)22(14-20)27(39)35-19-6-4-18(29)5-7-19/h3-10,13-14,16H,11-12,15H2,1-2H3,(H,34,37)(H,35,39)(H,36,38). The molecule has 0 bridgehead atoms. The van der Waals surface area contributed by atoms with Crippen molar-refractivity contribution in [2.24, 2.45) is 5.92 Å². The van der Waals surface area contributed by atoms with Crippen LogP contribution in [0.15, 0.2) is 60.7 Å². The van der Waals surface area contributed by atoms with Crippen LogP contribution in [0.1, 0.15) is 33.2 Å². The fourth-order valence-electron chi connectivity index (χ4n) is 3.46. The maximum atomic E-state index is 13.1. The summed E-state index contributed by atoms with van der Waals surface area (Å²) in [6.07, 6.45) is -4.68. The van der Waals surface area contributed by atoms with Crippen LogP contribution in [0.3, 0.4) is 0 Å². The van der Waals surface area contributed by atoms with Crippen LogP contribution < -0.4 is 26.2 Å². The molecule has 13 heteroatoms. The zero-order chi connectivity index (χ0) is 30.2. The molecule has 0 saturated carbocycles. The Hall–Kier alpha value is -4.03. The van der Waals surface area contributed by atoms with Gasteiger partial charge in [-0.3, -0.25) is 14.4 Å². The molecule has 0 heterocycles. The lowest BCUT2D eigenvalue weighted by molar-refractivity contribution is -0.178. The number of hydrogen-bond donors (Lipinski definition) is 3. The number of halogens is 4. The molecule has 0 aliphatic carbocycles. The van der Waals surface area contributed by atoms with Crippen LogP contribution >= 0.6 is 11.6 Å². The van der Waals surface area contributed by atoms with Gasteiger partial charge in [-0.2, -0.15) is 13.2 Å². The summed E-state index contributed by atoms with van der Waals surface area (Å²) in [4.78, 5) is 38.0. The van der Waals surface area contributed by atoms with Crippen LogP contribution in [0.5, 0.6) is 5.75 Å². The molecule has 3 aromatic rings. The molecule has 3 aromatic carbocycles. The molecule has 0 fully saturated rings. The largest absolute Gasteiger partial charge is 0.490 e. The van der Waals surface area contributed by atoms with Crippen LogP contribution in [0.2, 0.25) is 5.02 Å². The quantitative estimate of drug-likeness (QED) is 0.227. The zero-order valence-electron chi connectivity index (χ0n) is 22.1. The third-order valence-electron chi connectivity index (χ3n) is 5.82. The number of hydrogen-bond acceptors (Lipinski definition) is 5. The van der Waals surface area contributed by atoms with Gasteiger partial charge in [-0.1, -0.05) is 35.3 Å². The molecule has 8 nitrogen and oxygen atoms in total. The Morgan fingerprint density at radius 2 is 1.54 bits per heavy atom. The smallest absolute Gasteiger partial charge is 0.400 e. The van der Waals surface area contributed by atoms with Crippen molar-refractivity contribution in [1.29, 1.82) is 0 Å². The molecule has 3 N–H and O–H groups in total. The van der Waals surface area contributed by atoms with Crippen molar-refractivity contribution in [3.05, 3.63) is 82.4 Å². The van der Waals surface area contributed by atoms with E-state index in [0.717, 1.165) is 6.92 Å². The summed E-state index contributed by atoms with van der Waals surface area (Å²) in [6, 6.07) is 15.2. The Morgan fingerprint density at radius 1 is 0.902 bits per heavy atom. The number of anilines is 2. The number of amides is 3. The lowest BCUT2D eigenvalue weighted by Gasteiger charge is -2.16. The highest BCUT2D eigenvalue weighted by Crippen LogP contribution is 2.27. The number of carbonyl (C=O) groups is 3. The Kier molecular flexibility index (Phi) is 10.8. The number of carbonyl (C=O) groups excluding carboxylic acids is 3. The van der Waals surface area contributed by atoms with Gasteiger partial charge in [-0.15, -0.1) is 0 Å². The van der Waals surface area contributed by atoms with E-state index in [1.165, 1.54) is 43.5 Å². The molecule has 0 aliphatic rings. The lowest BCUT2D eigenvalue weighted by atomic mass is 9.96. The third kappa shape index (κ3) is 8.99. The molecule has 2 radical (unpaired) electrons. The van der Waals surface area contributed by atoms with Gasteiger partial charge in [0.1, 0.15) is 26.1 Å². The Morgan fingerprint density at radius 3 is 2.20 bits per heavy atom. The van der Waals surface area contributed by atoms with Crippen molar-refractivity contribution in [3.63, 3.8) is 0 Å². The first-order valence-corrected chi connectivity index (χ1v) is 12.6. The molecule has 214 valence electrons. The van der Waals surface area contributed by atoms with Crippen LogP contribution in [0.25, 0.3) is 0 Å². The fraction of sp³-hybridized carbons (Fsp3) is 0.250. The highest BCUT2D eigenvalue weighted by Gasteiger charge is 2.40. The Balaban J connectivity index is 1.79. The van der Waals surface area contributed by atoms with Crippen molar-refractivity contribution >= 4 is 54.0 Å². The first-order chi connectivity index (χ1) is 19.4. The van der Waals surface area contributed by atoms with E-state index in [-0.39, 0.29) is 47.3 Å². The first kappa shape index (κ1) is 31.5. The summed E-state index contributed by atoms with van der Waals surface area (Å²) in [5.41, 5.74) is 1.74. The van der Waals surface area contributed by atoms with Crippen LogP contribution in [-0.4, -0.2) is 52.1 Å².